The number of nitrogens with two attached hydrogens (primary N) is 3. The van der Waals surface area contributed by atoms with Crippen LogP contribution in [0.4, 0.5) is 0 Å². The number of nitrogens with zero attached hydrogens (tertiary/aromatic N) is 2. The predicted molar refractivity (Wildman–Crippen MR) is 40.5 cm³/mol. The van der Waals surface area contributed by atoms with E-state index in [1.54, 1.807) is 0 Å². The van der Waals surface area contributed by atoms with E-state index < -0.39 is 0 Å². The van der Waals surface area contributed by atoms with E-state index in [0.29, 0.717) is 6.04 Å². The van der Waals surface area contributed by atoms with Crippen LogP contribution in [-0.4, -0.2) is 18.0 Å². The normalized spacial score (nSPS) is 18.6. The molecule has 56 valence electrons. The van der Waals surface area contributed by atoms with Gasteiger partial charge in [0.1, 0.15) is 0 Å². The molecular formula is C5H11N5. The van der Waals surface area contributed by atoms with Crippen LogP contribution in [0.5, 0.6) is 0 Å². The third-order valence-corrected chi connectivity index (χ3v) is 1.11. The molecule has 0 radical (unpaired) electrons. The van der Waals surface area contributed by atoms with Crippen LogP contribution in [0.3, 0.4) is 0 Å². The highest BCUT2D eigenvalue weighted by molar-refractivity contribution is 5.92. The van der Waals surface area contributed by atoms with Gasteiger partial charge in [-0.05, 0) is 12.8 Å². The molecule has 0 aromatic rings. The second-order valence-corrected chi connectivity index (χ2v) is 2.26. The van der Waals surface area contributed by atoms with Crippen molar-refractivity contribution in [3.8, 4) is 0 Å². The van der Waals surface area contributed by atoms with Gasteiger partial charge in [-0.25, -0.2) is 4.99 Å². The molecule has 0 saturated heterocycles. The van der Waals surface area contributed by atoms with Crippen molar-refractivity contribution in [3.05, 3.63) is 0 Å². The fraction of sp³-hybridized carbons (Fsp3) is 0.600. The highest BCUT2D eigenvalue weighted by atomic mass is 15.1. The first-order chi connectivity index (χ1) is 4.68. The van der Waals surface area contributed by atoms with E-state index >= 15 is 0 Å². The molecule has 0 amide bonds. The Bertz CT molecular complexity index is 174. The molecular weight excluding hydrogens is 130 g/mol. The molecule has 1 aliphatic carbocycles. The molecule has 0 aromatic heterocycles. The van der Waals surface area contributed by atoms with Gasteiger partial charge in [0.05, 0.1) is 6.04 Å². The number of guanidine groups is 2. The maximum atomic E-state index is 5.32. The van der Waals surface area contributed by atoms with E-state index in [0.717, 1.165) is 12.8 Å². The first-order valence-electron chi connectivity index (χ1n) is 3.11. The topological polar surface area (TPSA) is 103 Å². The summed E-state index contributed by atoms with van der Waals surface area (Å²) in [7, 11) is 0. The second kappa shape index (κ2) is 2.55. The molecule has 0 aliphatic heterocycles. The summed E-state index contributed by atoms with van der Waals surface area (Å²) in [5, 5.41) is 0. The van der Waals surface area contributed by atoms with E-state index in [-0.39, 0.29) is 11.9 Å². The number of rotatable bonds is 1. The Morgan fingerprint density at radius 1 is 1.20 bits per heavy atom. The second-order valence-electron chi connectivity index (χ2n) is 2.26. The molecule has 10 heavy (non-hydrogen) atoms. The van der Waals surface area contributed by atoms with Gasteiger partial charge in [-0.1, -0.05) is 0 Å². The standard InChI is InChI=1S/C5H11N5/c6-4(7)10-5(8)9-3-1-2-3/h3H,1-2H2,(H6,6,7,8,9,10). The Hall–Kier alpha value is -1.26. The van der Waals surface area contributed by atoms with Crippen molar-refractivity contribution in [1.29, 1.82) is 0 Å². The van der Waals surface area contributed by atoms with Gasteiger partial charge in [-0.15, -0.1) is 0 Å². The molecule has 0 atom stereocenters. The zero-order chi connectivity index (χ0) is 7.56. The van der Waals surface area contributed by atoms with Crippen molar-refractivity contribution in [2.75, 3.05) is 0 Å². The number of hydrogen-bond acceptors (Lipinski definition) is 1. The molecule has 0 heterocycles. The minimum Gasteiger partial charge on any atom is -0.370 e. The SMILES string of the molecule is NC(N)=NC(N)=NC1CC1. The molecule has 0 unspecified atom stereocenters. The van der Waals surface area contributed by atoms with Crippen LogP contribution in [0.15, 0.2) is 9.98 Å². The molecule has 0 bridgehead atoms. The smallest absolute Gasteiger partial charge is 0.218 e. The predicted octanol–water partition coefficient (Wildman–Crippen LogP) is -1.26. The molecule has 1 fully saturated rings. The summed E-state index contributed by atoms with van der Waals surface area (Å²) in [6, 6.07) is 0.364. The Labute approximate surface area is 59.0 Å². The average molecular weight is 141 g/mol. The van der Waals surface area contributed by atoms with Gasteiger partial charge in [0.25, 0.3) is 0 Å². The monoisotopic (exact) mass is 141 g/mol. The van der Waals surface area contributed by atoms with Crippen LogP contribution in [0.25, 0.3) is 0 Å². The van der Waals surface area contributed by atoms with Crippen molar-refractivity contribution in [3.63, 3.8) is 0 Å². The summed E-state index contributed by atoms with van der Waals surface area (Å²) in [4.78, 5) is 7.53. The van der Waals surface area contributed by atoms with E-state index in [1.807, 2.05) is 0 Å². The van der Waals surface area contributed by atoms with Crippen molar-refractivity contribution in [2.24, 2.45) is 27.2 Å². The van der Waals surface area contributed by atoms with E-state index in [9.17, 15) is 0 Å². The highest BCUT2D eigenvalue weighted by Crippen LogP contribution is 2.23. The van der Waals surface area contributed by atoms with Crippen LogP contribution in [0.2, 0.25) is 0 Å². The van der Waals surface area contributed by atoms with Gasteiger partial charge in [-0.2, -0.15) is 4.99 Å². The molecule has 5 heteroatoms. The van der Waals surface area contributed by atoms with Crippen LogP contribution < -0.4 is 17.2 Å². The van der Waals surface area contributed by atoms with Crippen LogP contribution in [0, 0.1) is 0 Å². The third kappa shape index (κ3) is 2.34. The minimum atomic E-state index is -0.0399. The van der Waals surface area contributed by atoms with Gasteiger partial charge < -0.3 is 17.2 Å². The Morgan fingerprint density at radius 2 is 1.80 bits per heavy atom. The Balaban J connectivity index is 2.46. The van der Waals surface area contributed by atoms with Gasteiger partial charge in [0.15, 0.2) is 5.96 Å². The lowest BCUT2D eigenvalue weighted by atomic mass is 10.7. The zero-order valence-corrected chi connectivity index (χ0v) is 5.62. The van der Waals surface area contributed by atoms with E-state index in [4.69, 9.17) is 17.2 Å². The molecule has 1 rings (SSSR count). The summed E-state index contributed by atoms with van der Waals surface area (Å²) in [5.41, 5.74) is 15.4. The molecule has 1 aliphatic rings. The van der Waals surface area contributed by atoms with Crippen molar-refractivity contribution < 1.29 is 0 Å². The first-order valence-corrected chi connectivity index (χ1v) is 3.11. The highest BCUT2D eigenvalue weighted by Gasteiger charge is 2.20. The maximum absolute atomic E-state index is 5.32. The summed E-state index contributed by atoms with van der Waals surface area (Å²) < 4.78 is 0. The molecule has 1 saturated carbocycles. The summed E-state index contributed by atoms with van der Waals surface area (Å²) in [6.45, 7) is 0. The largest absolute Gasteiger partial charge is 0.370 e. The minimum absolute atomic E-state index is 0.0399. The fourth-order valence-corrected chi connectivity index (χ4v) is 0.552. The van der Waals surface area contributed by atoms with Crippen molar-refractivity contribution in [2.45, 2.75) is 18.9 Å². The lowest BCUT2D eigenvalue weighted by Crippen LogP contribution is -2.26. The van der Waals surface area contributed by atoms with Crippen LogP contribution in [-0.2, 0) is 0 Å². The van der Waals surface area contributed by atoms with E-state index in [2.05, 4.69) is 9.98 Å². The Morgan fingerprint density at radius 3 is 2.20 bits per heavy atom. The lowest BCUT2D eigenvalue weighted by Gasteiger charge is -1.91. The molecule has 5 nitrogen and oxygen atoms in total. The quantitative estimate of drug-likeness (QED) is 0.313. The molecule has 6 N–H and O–H groups in total. The van der Waals surface area contributed by atoms with Crippen LogP contribution in [0.1, 0.15) is 12.8 Å². The molecule has 0 spiro atoms. The zero-order valence-electron chi connectivity index (χ0n) is 5.62. The molecule has 0 aromatic carbocycles. The van der Waals surface area contributed by atoms with Crippen molar-refractivity contribution in [1.82, 2.24) is 0 Å². The van der Waals surface area contributed by atoms with Gasteiger partial charge in [-0.3, -0.25) is 0 Å². The van der Waals surface area contributed by atoms with Gasteiger partial charge in [0.2, 0.25) is 5.96 Å². The fourth-order valence-electron chi connectivity index (χ4n) is 0.552. The number of hydrogen-bond donors (Lipinski definition) is 3. The Kier molecular flexibility index (Phi) is 1.75. The summed E-state index contributed by atoms with van der Waals surface area (Å²) in [6.07, 6.45) is 2.20. The van der Waals surface area contributed by atoms with Crippen LogP contribution >= 0.6 is 0 Å². The van der Waals surface area contributed by atoms with Gasteiger partial charge in [0, 0.05) is 0 Å². The lowest BCUT2D eigenvalue weighted by molar-refractivity contribution is 1.05. The number of aliphatic imine (C=N–C) groups is 2. The summed E-state index contributed by atoms with van der Waals surface area (Å²) in [5.74, 6) is 0.143. The third-order valence-electron chi connectivity index (χ3n) is 1.11. The van der Waals surface area contributed by atoms with Crippen molar-refractivity contribution >= 4 is 11.9 Å². The first kappa shape index (κ1) is 6.85. The van der Waals surface area contributed by atoms with Gasteiger partial charge >= 0.3 is 0 Å². The summed E-state index contributed by atoms with van der Waals surface area (Å²) >= 11 is 0. The maximum Gasteiger partial charge on any atom is 0.218 e. The van der Waals surface area contributed by atoms with E-state index in [1.165, 1.54) is 0 Å². The average Bonchev–Trinajstić information content (AvgIpc) is 2.46.